The molecule has 4 amide bonds. The number of nitrogens with zero attached hydrogens (tertiary/aromatic N) is 3. The van der Waals surface area contributed by atoms with E-state index in [2.05, 4.69) is 4.74 Å². The van der Waals surface area contributed by atoms with E-state index >= 15 is 0 Å². The minimum atomic E-state index is -1.10. The van der Waals surface area contributed by atoms with Crippen molar-refractivity contribution in [2.75, 3.05) is 19.7 Å². The summed E-state index contributed by atoms with van der Waals surface area (Å²) in [5.41, 5.74) is 0.419. The molecule has 10 heteroatoms. The van der Waals surface area contributed by atoms with Gasteiger partial charge in [-0.2, -0.15) is 0 Å². The molecule has 1 aliphatic heterocycles. The van der Waals surface area contributed by atoms with Gasteiger partial charge in [0.25, 0.3) is 5.69 Å². The fourth-order valence-corrected chi connectivity index (χ4v) is 2.29. The van der Waals surface area contributed by atoms with Gasteiger partial charge in [0.1, 0.15) is 6.54 Å². The van der Waals surface area contributed by atoms with Crippen LogP contribution < -0.4 is 0 Å². The molecule has 0 aromatic heterocycles. The third-order valence-electron chi connectivity index (χ3n) is 3.47. The third-order valence-corrected chi connectivity index (χ3v) is 3.47. The highest BCUT2D eigenvalue weighted by atomic mass is 16.6. The maximum Gasteiger partial charge on any atom is 0.334 e. The number of benzene rings is 1. The first-order valence-electron chi connectivity index (χ1n) is 7.41. The average molecular weight is 349 g/mol. The summed E-state index contributed by atoms with van der Waals surface area (Å²) in [6.07, 6.45) is 0.139. The minimum Gasteiger partial charge on any atom is -0.465 e. The second-order valence-electron chi connectivity index (χ2n) is 5.11. The van der Waals surface area contributed by atoms with Gasteiger partial charge in [0.05, 0.1) is 11.5 Å². The van der Waals surface area contributed by atoms with Crippen LogP contribution in [-0.4, -0.2) is 58.2 Å². The summed E-state index contributed by atoms with van der Waals surface area (Å²) >= 11 is 0. The van der Waals surface area contributed by atoms with Crippen LogP contribution >= 0.6 is 0 Å². The van der Waals surface area contributed by atoms with Gasteiger partial charge in [-0.3, -0.25) is 29.4 Å². The summed E-state index contributed by atoms with van der Waals surface area (Å²) < 4.78 is 4.66. The first kappa shape index (κ1) is 18.0. The SMILES string of the molecule is CCOC(=O)CN1C(=O)C(=O)N(CCc2cccc([N+](=O)[O-])c2)C1=O. The first-order valence-corrected chi connectivity index (χ1v) is 7.41. The topological polar surface area (TPSA) is 127 Å². The number of hydrogen-bond donors (Lipinski definition) is 0. The van der Waals surface area contributed by atoms with Crippen LogP contribution in [0.15, 0.2) is 24.3 Å². The standard InChI is InChI=1S/C15H15N3O7/c1-2-25-12(19)9-17-14(21)13(20)16(15(17)22)7-6-10-4-3-5-11(8-10)18(23)24/h3-5,8H,2,6-7,9H2,1H3. The fraction of sp³-hybridized carbons (Fsp3) is 0.333. The predicted octanol–water partition coefficient (Wildman–Crippen LogP) is 0.491. The van der Waals surface area contributed by atoms with Crippen molar-refractivity contribution in [2.24, 2.45) is 0 Å². The summed E-state index contributed by atoms with van der Waals surface area (Å²) in [6.45, 7) is 0.885. The van der Waals surface area contributed by atoms with Crippen molar-refractivity contribution < 1.29 is 28.8 Å². The molecular formula is C15H15N3O7. The van der Waals surface area contributed by atoms with Crippen molar-refractivity contribution in [2.45, 2.75) is 13.3 Å². The number of amides is 4. The molecule has 1 aromatic rings. The molecule has 25 heavy (non-hydrogen) atoms. The number of carbonyl (C=O) groups excluding carboxylic acids is 4. The predicted molar refractivity (Wildman–Crippen MR) is 82.3 cm³/mol. The molecule has 0 spiro atoms. The van der Waals surface area contributed by atoms with Crippen molar-refractivity contribution in [3.8, 4) is 0 Å². The van der Waals surface area contributed by atoms with Crippen LogP contribution in [0, 0.1) is 10.1 Å². The zero-order valence-electron chi connectivity index (χ0n) is 13.3. The Balaban J connectivity index is 2.05. The lowest BCUT2D eigenvalue weighted by molar-refractivity contribution is -0.384. The fourth-order valence-electron chi connectivity index (χ4n) is 2.29. The molecule has 2 rings (SSSR count). The summed E-state index contributed by atoms with van der Waals surface area (Å²) in [5, 5.41) is 10.8. The number of hydrogen-bond acceptors (Lipinski definition) is 7. The molecule has 0 bridgehead atoms. The van der Waals surface area contributed by atoms with Gasteiger partial charge in [0, 0.05) is 18.7 Å². The van der Waals surface area contributed by atoms with E-state index in [1.54, 1.807) is 13.0 Å². The molecule has 1 aliphatic rings. The quantitative estimate of drug-likeness (QED) is 0.230. The second-order valence-corrected chi connectivity index (χ2v) is 5.11. The summed E-state index contributed by atoms with van der Waals surface area (Å²) in [4.78, 5) is 58.8. The maximum atomic E-state index is 12.2. The molecule has 0 aliphatic carbocycles. The van der Waals surface area contributed by atoms with E-state index in [1.165, 1.54) is 18.2 Å². The summed E-state index contributed by atoms with van der Waals surface area (Å²) in [7, 11) is 0. The lowest BCUT2D eigenvalue weighted by atomic mass is 10.1. The number of nitro benzene ring substituents is 1. The molecule has 132 valence electrons. The van der Waals surface area contributed by atoms with Crippen LogP contribution in [-0.2, 0) is 25.5 Å². The molecule has 0 radical (unpaired) electrons. The molecular weight excluding hydrogens is 334 g/mol. The zero-order chi connectivity index (χ0) is 18.6. The van der Waals surface area contributed by atoms with Crippen molar-refractivity contribution >= 4 is 29.5 Å². The van der Waals surface area contributed by atoms with Crippen LogP contribution in [0.4, 0.5) is 10.5 Å². The third kappa shape index (κ3) is 3.97. The van der Waals surface area contributed by atoms with Crippen molar-refractivity contribution in [3.05, 3.63) is 39.9 Å². The van der Waals surface area contributed by atoms with Crippen molar-refractivity contribution in [1.82, 2.24) is 9.80 Å². The van der Waals surface area contributed by atoms with Gasteiger partial charge in [-0.1, -0.05) is 12.1 Å². The molecule has 1 fully saturated rings. The Bertz CT molecular complexity index is 746. The van der Waals surface area contributed by atoms with Gasteiger partial charge in [-0.25, -0.2) is 9.69 Å². The molecule has 0 atom stereocenters. The van der Waals surface area contributed by atoms with E-state index in [1.807, 2.05) is 0 Å². The number of ether oxygens (including phenoxy) is 1. The number of esters is 1. The van der Waals surface area contributed by atoms with E-state index in [0.29, 0.717) is 15.4 Å². The second kappa shape index (κ2) is 7.51. The van der Waals surface area contributed by atoms with Gasteiger partial charge in [0.2, 0.25) is 0 Å². The Labute approximate surface area is 142 Å². The van der Waals surface area contributed by atoms with Crippen LogP contribution in [0.25, 0.3) is 0 Å². The smallest absolute Gasteiger partial charge is 0.334 e. The van der Waals surface area contributed by atoms with Crippen LogP contribution in [0.5, 0.6) is 0 Å². The Morgan fingerprint density at radius 1 is 1.20 bits per heavy atom. The minimum absolute atomic E-state index is 0.0828. The Kier molecular flexibility index (Phi) is 5.42. The van der Waals surface area contributed by atoms with E-state index in [-0.39, 0.29) is 25.3 Å². The highest BCUT2D eigenvalue weighted by molar-refractivity contribution is 6.45. The van der Waals surface area contributed by atoms with Crippen LogP contribution in [0.3, 0.4) is 0 Å². The maximum absolute atomic E-state index is 12.2. The van der Waals surface area contributed by atoms with E-state index in [9.17, 15) is 29.3 Å². The molecule has 1 saturated heterocycles. The number of nitro groups is 1. The number of non-ortho nitro benzene ring substituents is 1. The van der Waals surface area contributed by atoms with Gasteiger partial charge in [-0.05, 0) is 18.9 Å². The molecule has 1 heterocycles. The lowest BCUT2D eigenvalue weighted by Crippen LogP contribution is -2.38. The molecule has 1 aromatic carbocycles. The number of urea groups is 1. The van der Waals surface area contributed by atoms with Crippen molar-refractivity contribution in [1.29, 1.82) is 0 Å². The number of carbonyl (C=O) groups is 4. The monoisotopic (exact) mass is 349 g/mol. The number of rotatable bonds is 7. The van der Waals surface area contributed by atoms with Crippen LogP contribution in [0.1, 0.15) is 12.5 Å². The van der Waals surface area contributed by atoms with E-state index < -0.39 is 35.3 Å². The average Bonchev–Trinajstić information content (AvgIpc) is 2.77. The van der Waals surface area contributed by atoms with Gasteiger partial charge in [0.15, 0.2) is 0 Å². The Morgan fingerprint density at radius 3 is 2.52 bits per heavy atom. The summed E-state index contributed by atoms with van der Waals surface area (Å²) in [6, 6.07) is 4.83. The molecule has 10 nitrogen and oxygen atoms in total. The summed E-state index contributed by atoms with van der Waals surface area (Å²) in [5.74, 6) is -2.94. The van der Waals surface area contributed by atoms with Gasteiger partial charge >= 0.3 is 23.8 Å². The molecule has 0 N–H and O–H groups in total. The van der Waals surface area contributed by atoms with Gasteiger partial charge < -0.3 is 4.74 Å². The van der Waals surface area contributed by atoms with Crippen molar-refractivity contribution in [3.63, 3.8) is 0 Å². The van der Waals surface area contributed by atoms with E-state index in [4.69, 9.17) is 0 Å². The normalized spacial score (nSPS) is 14.2. The highest BCUT2D eigenvalue weighted by Gasteiger charge is 2.45. The molecule has 0 saturated carbocycles. The van der Waals surface area contributed by atoms with E-state index in [0.717, 1.165) is 0 Å². The Hall–Kier alpha value is -3.30. The van der Waals surface area contributed by atoms with Crippen LogP contribution in [0.2, 0.25) is 0 Å². The first-order chi connectivity index (χ1) is 11.8. The lowest BCUT2D eigenvalue weighted by Gasteiger charge is -2.14. The highest BCUT2D eigenvalue weighted by Crippen LogP contribution is 2.16. The van der Waals surface area contributed by atoms with Gasteiger partial charge in [-0.15, -0.1) is 0 Å². The molecule has 0 unspecified atom stereocenters. The zero-order valence-corrected chi connectivity index (χ0v) is 13.3. The number of imide groups is 2. The Morgan fingerprint density at radius 2 is 1.88 bits per heavy atom. The largest absolute Gasteiger partial charge is 0.465 e.